The van der Waals surface area contributed by atoms with Crippen molar-refractivity contribution in [2.45, 2.75) is 11.7 Å². The van der Waals surface area contributed by atoms with Gasteiger partial charge in [-0.2, -0.15) is 0 Å². The van der Waals surface area contributed by atoms with Gasteiger partial charge in [-0.1, -0.05) is 15.9 Å². The Hall–Kier alpha value is -0.980. The molecule has 1 rings (SSSR count). The average Bonchev–Trinajstić information content (AvgIpc) is 2.09. The van der Waals surface area contributed by atoms with E-state index in [4.69, 9.17) is 5.73 Å². The second-order valence-corrected chi connectivity index (χ2v) is 3.24. The van der Waals surface area contributed by atoms with Gasteiger partial charge in [0.15, 0.2) is 11.6 Å². The highest BCUT2D eigenvalue weighted by Gasteiger charge is 2.33. The van der Waals surface area contributed by atoms with Gasteiger partial charge in [-0.3, -0.25) is 0 Å². The molecule has 15 heavy (non-hydrogen) atoms. The van der Waals surface area contributed by atoms with Gasteiger partial charge in [0.1, 0.15) is 0 Å². The van der Waals surface area contributed by atoms with Gasteiger partial charge in [-0.15, -0.1) is 13.2 Å². The zero-order chi connectivity index (χ0) is 11.6. The molecular weight excluding hydrogens is 282 g/mol. The first kappa shape index (κ1) is 12.1. The number of halogens is 5. The number of benzene rings is 1. The van der Waals surface area contributed by atoms with Crippen LogP contribution in [0.25, 0.3) is 0 Å². The van der Waals surface area contributed by atoms with E-state index in [-0.39, 0.29) is 5.69 Å². The van der Waals surface area contributed by atoms with Crippen molar-refractivity contribution in [1.82, 2.24) is 0 Å². The van der Waals surface area contributed by atoms with Gasteiger partial charge in [0.05, 0.1) is 5.69 Å². The van der Waals surface area contributed by atoms with Crippen LogP contribution in [0.3, 0.4) is 0 Å². The standard InChI is InChI=1S/C8H6BrF4NO/c9-3-4-1-5(10)7(6(14)2-4)15-8(11,12)13/h1-2H,3,14H2. The summed E-state index contributed by atoms with van der Waals surface area (Å²) in [5, 5.41) is 0.292. The Kier molecular flexibility index (Phi) is 3.43. The summed E-state index contributed by atoms with van der Waals surface area (Å²) < 4.78 is 52.0. The van der Waals surface area contributed by atoms with Gasteiger partial charge in [-0.05, 0) is 17.7 Å². The number of hydrogen-bond acceptors (Lipinski definition) is 2. The normalized spacial score (nSPS) is 11.5. The molecule has 0 saturated heterocycles. The molecule has 0 unspecified atom stereocenters. The minimum absolute atomic E-state index is 0.292. The fourth-order valence-electron chi connectivity index (χ4n) is 0.974. The lowest BCUT2D eigenvalue weighted by molar-refractivity contribution is -0.275. The summed E-state index contributed by atoms with van der Waals surface area (Å²) in [7, 11) is 0. The zero-order valence-electron chi connectivity index (χ0n) is 7.24. The largest absolute Gasteiger partial charge is 0.573 e. The molecule has 0 atom stereocenters. The molecule has 0 saturated carbocycles. The lowest BCUT2D eigenvalue weighted by Crippen LogP contribution is -2.19. The predicted molar refractivity (Wildman–Crippen MR) is 50.1 cm³/mol. The number of nitrogens with two attached hydrogens (primary N) is 1. The lowest BCUT2D eigenvalue weighted by atomic mass is 10.2. The quantitative estimate of drug-likeness (QED) is 0.515. The van der Waals surface area contributed by atoms with Crippen LogP contribution in [0, 0.1) is 5.82 Å². The predicted octanol–water partition coefficient (Wildman–Crippen LogP) is 3.20. The van der Waals surface area contributed by atoms with E-state index in [0.717, 1.165) is 6.07 Å². The van der Waals surface area contributed by atoms with Crippen LogP contribution in [0.5, 0.6) is 5.75 Å². The summed E-state index contributed by atoms with van der Waals surface area (Å²) in [5.74, 6) is -2.13. The summed E-state index contributed by atoms with van der Waals surface area (Å²) in [5.41, 5.74) is 5.26. The first-order valence-electron chi connectivity index (χ1n) is 3.73. The molecule has 0 radical (unpaired) electrons. The Morgan fingerprint density at radius 3 is 2.33 bits per heavy atom. The van der Waals surface area contributed by atoms with Crippen LogP contribution in [0.1, 0.15) is 5.56 Å². The molecule has 0 aromatic heterocycles. The van der Waals surface area contributed by atoms with Gasteiger partial charge in [0, 0.05) is 5.33 Å². The van der Waals surface area contributed by atoms with E-state index in [1.54, 1.807) is 0 Å². The highest BCUT2D eigenvalue weighted by atomic mass is 79.9. The van der Waals surface area contributed by atoms with E-state index in [1.165, 1.54) is 6.07 Å². The second-order valence-electron chi connectivity index (χ2n) is 2.68. The summed E-state index contributed by atoms with van der Waals surface area (Å²) in [6, 6.07) is 2.13. The highest BCUT2D eigenvalue weighted by molar-refractivity contribution is 9.08. The maximum atomic E-state index is 13.1. The molecule has 0 fully saturated rings. The van der Waals surface area contributed by atoms with Crippen LogP contribution in [-0.4, -0.2) is 6.36 Å². The molecule has 0 amide bonds. The van der Waals surface area contributed by atoms with Gasteiger partial charge in [-0.25, -0.2) is 4.39 Å². The first-order valence-corrected chi connectivity index (χ1v) is 4.85. The maximum absolute atomic E-state index is 13.1. The van der Waals surface area contributed by atoms with E-state index in [2.05, 4.69) is 20.7 Å². The Morgan fingerprint density at radius 2 is 1.93 bits per heavy atom. The number of rotatable bonds is 2. The topological polar surface area (TPSA) is 35.2 Å². The molecule has 2 N–H and O–H groups in total. The third-order valence-corrected chi connectivity index (χ3v) is 2.15. The summed E-state index contributed by atoms with van der Waals surface area (Å²) >= 11 is 3.03. The average molecular weight is 288 g/mol. The summed E-state index contributed by atoms with van der Waals surface area (Å²) in [6.07, 6.45) is -4.95. The van der Waals surface area contributed by atoms with E-state index in [0.29, 0.717) is 10.9 Å². The van der Waals surface area contributed by atoms with E-state index in [1.807, 2.05) is 0 Å². The molecule has 0 aliphatic heterocycles. The number of anilines is 1. The van der Waals surface area contributed by atoms with Gasteiger partial charge in [0.25, 0.3) is 0 Å². The molecule has 0 spiro atoms. The van der Waals surface area contributed by atoms with Crippen LogP contribution in [0.15, 0.2) is 12.1 Å². The summed E-state index contributed by atoms with van der Waals surface area (Å²) in [6.45, 7) is 0. The second kappa shape index (κ2) is 4.26. The van der Waals surface area contributed by atoms with Gasteiger partial charge in [0.2, 0.25) is 0 Å². The zero-order valence-corrected chi connectivity index (χ0v) is 8.82. The number of alkyl halides is 4. The van der Waals surface area contributed by atoms with Crippen LogP contribution in [-0.2, 0) is 5.33 Å². The highest BCUT2D eigenvalue weighted by Crippen LogP contribution is 2.32. The van der Waals surface area contributed by atoms with Crippen molar-refractivity contribution in [3.63, 3.8) is 0 Å². The van der Waals surface area contributed by atoms with Gasteiger partial charge < -0.3 is 10.5 Å². The Balaban J connectivity index is 3.09. The number of ether oxygens (including phenoxy) is 1. The van der Waals surface area contributed by atoms with Crippen molar-refractivity contribution in [2.75, 3.05) is 5.73 Å². The van der Waals surface area contributed by atoms with Crippen LogP contribution < -0.4 is 10.5 Å². The van der Waals surface area contributed by atoms with Crippen molar-refractivity contribution in [2.24, 2.45) is 0 Å². The van der Waals surface area contributed by atoms with Crippen molar-refractivity contribution in [1.29, 1.82) is 0 Å². The minimum Gasteiger partial charge on any atom is -0.400 e. The molecule has 0 bridgehead atoms. The number of nitrogen functional groups attached to an aromatic ring is 1. The van der Waals surface area contributed by atoms with Crippen molar-refractivity contribution < 1.29 is 22.3 Å². The first-order chi connectivity index (χ1) is 6.83. The van der Waals surface area contributed by atoms with Crippen LogP contribution >= 0.6 is 15.9 Å². The third-order valence-electron chi connectivity index (χ3n) is 1.50. The SMILES string of the molecule is Nc1cc(CBr)cc(F)c1OC(F)(F)F. The molecule has 0 heterocycles. The molecule has 0 aliphatic rings. The molecule has 0 aliphatic carbocycles. The lowest BCUT2D eigenvalue weighted by Gasteiger charge is -2.12. The number of hydrogen-bond donors (Lipinski definition) is 1. The maximum Gasteiger partial charge on any atom is 0.573 e. The Bertz CT molecular complexity index is 343. The molecular formula is C8H6BrF4NO. The van der Waals surface area contributed by atoms with Crippen LogP contribution in [0.4, 0.5) is 23.2 Å². The fourth-order valence-corrected chi connectivity index (χ4v) is 1.30. The molecule has 1 aromatic rings. The van der Waals surface area contributed by atoms with E-state index in [9.17, 15) is 17.6 Å². The molecule has 84 valence electrons. The Labute approximate surface area is 91.1 Å². The monoisotopic (exact) mass is 287 g/mol. The van der Waals surface area contributed by atoms with E-state index < -0.39 is 17.9 Å². The Morgan fingerprint density at radius 1 is 1.33 bits per heavy atom. The molecule has 1 aromatic carbocycles. The smallest absolute Gasteiger partial charge is 0.400 e. The molecule has 2 nitrogen and oxygen atoms in total. The molecule has 7 heteroatoms. The minimum atomic E-state index is -4.95. The van der Waals surface area contributed by atoms with Crippen molar-refractivity contribution >= 4 is 21.6 Å². The van der Waals surface area contributed by atoms with Crippen LogP contribution in [0.2, 0.25) is 0 Å². The summed E-state index contributed by atoms with van der Waals surface area (Å²) in [4.78, 5) is 0. The van der Waals surface area contributed by atoms with Crippen molar-refractivity contribution in [3.8, 4) is 5.75 Å². The third kappa shape index (κ3) is 3.26. The van der Waals surface area contributed by atoms with Crippen molar-refractivity contribution in [3.05, 3.63) is 23.5 Å². The van der Waals surface area contributed by atoms with Gasteiger partial charge >= 0.3 is 6.36 Å². The van der Waals surface area contributed by atoms with E-state index >= 15 is 0 Å². The fraction of sp³-hybridized carbons (Fsp3) is 0.250.